The van der Waals surface area contributed by atoms with Crippen LogP contribution >= 0.6 is 0 Å². The highest BCUT2D eigenvalue weighted by atomic mass is 16.5. The zero-order valence-corrected chi connectivity index (χ0v) is 17.5. The summed E-state index contributed by atoms with van der Waals surface area (Å²) in [5.41, 5.74) is 2.92. The molecule has 160 valence electrons. The van der Waals surface area contributed by atoms with E-state index in [1.807, 2.05) is 37.3 Å². The molecule has 9 nitrogen and oxygen atoms in total. The molecule has 1 saturated heterocycles. The Balaban J connectivity index is 1.35. The molecular formula is C22H24N6O3. The smallest absolute Gasteiger partial charge is 0.321 e. The minimum atomic E-state index is -0.166. The number of benzene rings is 1. The van der Waals surface area contributed by atoms with Crippen LogP contribution in [-0.2, 0) is 4.79 Å². The van der Waals surface area contributed by atoms with Crippen molar-refractivity contribution < 1.29 is 14.1 Å². The van der Waals surface area contributed by atoms with E-state index in [2.05, 4.69) is 25.8 Å². The lowest BCUT2D eigenvalue weighted by atomic mass is 9.97. The maximum Gasteiger partial charge on any atom is 0.321 e. The summed E-state index contributed by atoms with van der Waals surface area (Å²) >= 11 is 0. The average Bonchev–Trinajstić information content (AvgIpc) is 3.27. The third-order valence-electron chi connectivity index (χ3n) is 5.27. The highest BCUT2D eigenvalue weighted by molar-refractivity contribution is 5.93. The minimum Gasteiger partial charge on any atom is -0.339 e. The molecule has 1 fully saturated rings. The standard InChI is InChI=1S/C22H24N6O3/c1-14-6-7-17(24-15(2)29)13-19(14)25-22(30)28-11-8-16(9-12-28)21-26-20(27-31-21)18-5-3-4-10-23-18/h3-7,10,13,16H,8-9,11-12H2,1-2H3,(H,24,29)(H,25,30). The van der Waals surface area contributed by atoms with Gasteiger partial charge in [0.05, 0.1) is 0 Å². The fourth-order valence-corrected chi connectivity index (χ4v) is 3.56. The monoisotopic (exact) mass is 420 g/mol. The highest BCUT2D eigenvalue weighted by Crippen LogP contribution is 2.29. The zero-order chi connectivity index (χ0) is 21.8. The molecule has 2 N–H and O–H groups in total. The number of carbonyl (C=O) groups is 2. The first-order valence-corrected chi connectivity index (χ1v) is 10.2. The summed E-state index contributed by atoms with van der Waals surface area (Å²) in [6.07, 6.45) is 3.17. The molecule has 4 rings (SSSR count). The number of nitrogens with one attached hydrogen (secondary N) is 2. The predicted octanol–water partition coefficient (Wildman–Crippen LogP) is 3.81. The van der Waals surface area contributed by atoms with E-state index in [1.54, 1.807) is 17.2 Å². The number of likely N-dealkylation sites (tertiary alicyclic amines) is 1. The lowest BCUT2D eigenvalue weighted by molar-refractivity contribution is -0.114. The lowest BCUT2D eigenvalue weighted by Crippen LogP contribution is -2.40. The Morgan fingerprint density at radius 3 is 2.65 bits per heavy atom. The first-order chi connectivity index (χ1) is 15.0. The summed E-state index contributed by atoms with van der Waals surface area (Å²) in [4.78, 5) is 34.5. The molecule has 3 amide bonds. The quantitative estimate of drug-likeness (QED) is 0.664. The van der Waals surface area contributed by atoms with Crippen LogP contribution in [0.4, 0.5) is 16.2 Å². The number of piperidine rings is 1. The Labute approximate surface area is 179 Å². The Bertz CT molecular complexity index is 1070. The molecule has 0 spiro atoms. The number of urea groups is 1. The van der Waals surface area contributed by atoms with Gasteiger partial charge in [-0.1, -0.05) is 17.3 Å². The molecule has 3 aromatic rings. The van der Waals surface area contributed by atoms with Crippen molar-refractivity contribution in [3.05, 3.63) is 54.0 Å². The first-order valence-electron chi connectivity index (χ1n) is 10.2. The molecule has 0 radical (unpaired) electrons. The maximum atomic E-state index is 12.8. The largest absolute Gasteiger partial charge is 0.339 e. The molecule has 3 heterocycles. The molecule has 0 atom stereocenters. The number of carbonyl (C=O) groups excluding carboxylic acids is 2. The van der Waals surface area contributed by atoms with E-state index < -0.39 is 0 Å². The fourth-order valence-electron chi connectivity index (χ4n) is 3.56. The maximum absolute atomic E-state index is 12.8. The van der Waals surface area contributed by atoms with E-state index in [9.17, 15) is 9.59 Å². The zero-order valence-electron chi connectivity index (χ0n) is 17.5. The second kappa shape index (κ2) is 8.95. The van der Waals surface area contributed by atoms with Crippen LogP contribution in [0.25, 0.3) is 11.5 Å². The van der Waals surface area contributed by atoms with Gasteiger partial charge in [-0.05, 0) is 49.6 Å². The first kappa shape index (κ1) is 20.5. The van der Waals surface area contributed by atoms with Crippen LogP contribution in [0.1, 0.15) is 37.1 Å². The SMILES string of the molecule is CC(=O)Nc1ccc(C)c(NC(=O)N2CCC(c3nc(-c4ccccn4)no3)CC2)c1. The van der Waals surface area contributed by atoms with Crippen molar-refractivity contribution in [1.82, 2.24) is 20.0 Å². The van der Waals surface area contributed by atoms with Gasteiger partial charge in [-0.3, -0.25) is 9.78 Å². The highest BCUT2D eigenvalue weighted by Gasteiger charge is 2.28. The van der Waals surface area contributed by atoms with Gasteiger partial charge in [0.1, 0.15) is 5.69 Å². The summed E-state index contributed by atoms with van der Waals surface area (Å²) in [7, 11) is 0. The third-order valence-corrected chi connectivity index (χ3v) is 5.27. The van der Waals surface area contributed by atoms with Gasteiger partial charge in [-0.2, -0.15) is 4.98 Å². The number of hydrogen-bond acceptors (Lipinski definition) is 6. The van der Waals surface area contributed by atoms with Crippen LogP contribution in [0.3, 0.4) is 0 Å². The van der Waals surface area contributed by atoms with Crippen LogP contribution in [0.5, 0.6) is 0 Å². The average molecular weight is 420 g/mol. The molecule has 0 bridgehead atoms. The predicted molar refractivity (Wildman–Crippen MR) is 116 cm³/mol. The molecule has 1 aliphatic heterocycles. The van der Waals surface area contributed by atoms with Gasteiger partial charge in [0.15, 0.2) is 0 Å². The normalized spacial score (nSPS) is 14.3. The third kappa shape index (κ3) is 4.88. The van der Waals surface area contributed by atoms with Crippen LogP contribution in [0, 0.1) is 6.92 Å². The van der Waals surface area contributed by atoms with Gasteiger partial charge in [0.25, 0.3) is 0 Å². The number of aromatic nitrogens is 3. The fraction of sp³-hybridized carbons (Fsp3) is 0.318. The lowest BCUT2D eigenvalue weighted by Gasteiger charge is -2.30. The number of aryl methyl sites for hydroxylation is 1. The molecule has 2 aromatic heterocycles. The molecule has 9 heteroatoms. The van der Waals surface area contributed by atoms with Gasteiger partial charge in [0, 0.05) is 43.5 Å². The van der Waals surface area contributed by atoms with Crippen molar-refractivity contribution in [2.75, 3.05) is 23.7 Å². The second-order valence-electron chi connectivity index (χ2n) is 7.57. The molecule has 1 aromatic carbocycles. The Kier molecular flexibility index (Phi) is 5.92. The summed E-state index contributed by atoms with van der Waals surface area (Å²) < 4.78 is 5.46. The summed E-state index contributed by atoms with van der Waals surface area (Å²) in [6.45, 7) is 4.53. The van der Waals surface area contributed by atoms with Crippen LogP contribution < -0.4 is 10.6 Å². The van der Waals surface area contributed by atoms with Crippen molar-refractivity contribution in [2.45, 2.75) is 32.6 Å². The molecule has 1 aliphatic rings. The Morgan fingerprint density at radius 2 is 1.94 bits per heavy atom. The van der Waals surface area contributed by atoms with E-state index >= 15 is 0 Å². The van der Waals surface area contributed by atoms with Gasteiger partial charge >= 0.3 is 6.03 Å². The van der Waals surface area contributed by atoms with Gasteiger partial charge < -0.3 is 20.1 Å². The number of anilines is 2. The van der Waals surface area contributed by atoms with Crippen molar-refractivity contribution in [3.63, 3.8) is 0 Å². The molecule has 0 unspecified atom stereocenters. The van der Waals surface area contributed by atoms with Gasteiger partial charge in [0.2, 0.25) is 17.6 Å². The van der Waals surface area contributed by atoms with Crippen molar-refractivity contribution in [1.29, 1.82) is 0 Å². The number of hydrogen-bond donors (Lipinski definition) is 2. The van der Waals surface area contributed by atoms with Crippen molar-refractivity contribution in [2.24, 2.45) is 0 Å². The van der Waals surface area contributed by atoms with E-state index in [0.717, 1.165) is 18.4 Å². The number of pyridine rings is 1. The number of amides is 3. The van der Waals surface area contributed by atoms with Gasteiger partial charge in [-0.15, -0.1) is 0 Å². The van der Waals surface area contributed by atoms with Gasteiger partial charge in [-0.25, -0.2) is 4.79 Å². The summed E-state index contributed by atoms with van der Waals surface area (Å²) in [5.74, 6) is 1.01. The molecule has 0 aliphatic carbocycles. The second-order valence-corrected chi connectivity index (χ2v) is 7.57. The van der Waals surface area contributed by atoms with Crippen molar-refractivity contribution in [3.8, 4) is 11.5 Å². The number of rotatable bonds is 4. The van der Waals surface area contributed by atoms with E-state index in [0.29, 0.717) is 41.9 Å². The minimum absolute atomic E-state index is 0.110. The van der Waals surface area contributed by atoms with Crippen molar-refractivity contribution >= 4 is 23.3 Å². The summed E-state index contributed by atoms with van der Waals surface area (Å²) in [5, 5.41) is 9.72. The van der Waals surface area contributed by atoms with E-state index in [-0.39, 0.29) is 17.9 Å². The molecular weight excluding hydrogens is 396 g/mol. The molecule has 0 saturated carbocycles. The van der Waals surface area contributed by atoms with Crippen LogP contribution in [0.15, 0.2) is 47.1 Å². The Hall–Kier alpha value is -3.75. The van der Waals surface area contributed by atoms with Crippen LogP contribution in [0.2, 0.25) is 0 Å². The van der Waals surface area contributed by atoms with E-state index in [4.69, 9.17) is 4.52 Å². The van der Waals surface area contributed by atoms with Crippen LogP contribution in [-0.4, -0.2) is 45.1 Å². The topological polar surface area (TPSA) is 113 Å². The van der Waals surface area contributed by atoms with E-state index in [1.165, 1.54) is 6.92 Å². The summed E-state index contributed by atoms with van der Waals surface area (Å²) in [6, 6.07) is 10.8. The number of nitrogens with zero attached hydrogens (tertiary/aromatic N) is 4. The Morgan fingerprint density at radius 1 is 1.13 bits per heavy atom. The molecule has 31 heavy (non-hydrogen) atoms.